The molecule has 0 aromatic heterocycles. The third-order valence-electron chi connectivity index (χ3n) is 3.22. The van der Waals surface area contributed by atoms with E-state index in [-0.39, 0.29) is 0 Å². The summed E-state index contributed by atoms with van der Waals surface area (Å²) >= 11 is 0. The van der Waals surface area contributed by atoms with Crippen molar-refractivity contribution < 1.29 is 9.90 Å². The molecule has 0 aliphatic carbocycles. The van der Waals surface area contributed by atoms with Crippen molar-refractivity contribution in [3.05, 3.63) is 11.6 Å². The van der Waals surface area contributed by atoms with Crippen molar-refractivity contribution in [1.29, 1.82) is 0 Å². The van der Waals surface area contributed by atoms with Gasteiger partial charge in [-0.15, -0.1) is 0 Å². The first-order valence-electron chi connectivity index (χ1n) is 5.21. The number of allylic oxidation sites excluding steroid dienone is 1. The summed E-state index contributed by atoms with van der Waals surface area (Å²) in [6.45, 7) is 10.8. The van der Waals surface area contributed by atoms with Gasteiger partial charge in [-0.2, -0.15) is 0 Å². The standard InChI is InChI=1S/C11H22O2Si/c1-6-10(3)14(4,5)8-7-9(2)11(12)13/h7,10H,6,8H2,1-5H3,(H,12,13). The van der Waals surface area contributed by atoms with Crippen LogP contribution in [-0.4, -0.2) is 19.1 Å². The minimum Gasteiger partial charge on any atom is -0.478 e. The molecule has 2 nitrogen and oxygen atoms in total. The van der Waals surface area contributed by atoms with E-state index >= 15 is 0 Å². The molecule has 1 atom stereocenters. The van der Waals surface area contributed by atoms with Crippen LogP contribution in [0.15, 0.2) is 11.6 Å². The summed E-state index contributed by atoms with van der Waals surface area (Å²) in [5, 5.41) is 8.72. The molecule has 0 aliphatic heterocycles. The van der Waals surface area contributed by atoms with E-state index in [2.05, 4.69) is 26.9 Å². The van der Waals surface area contributed by atoms with Gasteiger partial charge in [0.1, 0.15) is 0 Å². The van der Waals surface area contributed by atoms with Crippen molar-refractivity contribution >= 4 is 14.0 Å². The molecule has 0 saturated heterocycles. The van der Waals surface area contributed by atoms with Gasteiger partial charge >= 0.3 is 5.97 Å². The summed E-state index contributed by atoms with van der Waals surface area (Å²) < 4.78 is 0. The lowest BCUT2D eigenvalue weighted by atomic mass is 10.3. The number of hydrogen-bond acceptors (Lipinski definition) is 1. The van der Waals surface area contributed by atoms with E-state index in [0.29, 0.717) is 5.57 Å². The lowest BCUT2D eigenvalue weighted by molar-refractivity contribution is -0.132. The highest BCUT2D eigenvalue weighted by atomic mass is 28.3. The Morgan fingerprint density at radius 2 is 2.00 bits per heavy atom. The van der Waals surface area contributed by atoms with Crippen LogP contribution in [0, 0.1) is 0 Å². The molecular weight excluding hydrogens is 192 g/mol. The van der Waals surface area contributed by atoms with Gasteiger partial charge in [-0.3, -0.25) is 0 Å². The SMILES string of the molecule is CCC(C)[Si](C)(C)CC=C(C)C(=O)O. The number of rotatable bonds is 5. The quantitative estimate of drug-likeness (QED) is 0.561. The van der Waals surface area contributed by atoms with E-state index in [4.69, 9.17) is 5.11 Å². The summed E-state index contributed by atoms with van der Waals surface area (Å²) in [5.41, 5.74) is 1.23. The predicted octanol–water partition coefficient (Wildman–Crippen LogP) is 3.53. The van der Waals surface area contributed by atoms with Crippen LogP contribution in [0.5, 0.6) is 0 Å². The molecule has 0 fully saturated rings. The van der Waals surface area contributed by atoms with E-state index in [0.717, 1.165) is 11.6 Å². The highest BCUT2D eigenvalue weighted by molar-refractivity contribution is 6.79. The first-order chi connectivity index (χ1) is 6.31. The topological polar surface area (TPSA) is 37.3 Å². The fourth-order valence-corrected chi connectivity index (χ4v) is 3.60. The summed E-state index contributed by atoms with van der Waals surface area (Å²) in [6, 6.07) is 0.972. The Morgan fingerprint density at radius 3 is 2.36 bits per heavy atom. The molecule has 0 rings (SSSR count). The second-order valence-electron chi connectivity index (χ2n) is 4.69. The van der Waals surface area contributed by atoms with E-state index in [1.807, 2.05) is 6.08 Å². The Morgan fingerprint density at radius 1 is 1.50 bits per heavy atom. The van der Waals surface area contributed by atoms with Crippen LogP contribution < -0.4 is 0 Å². The van der Waals surface area contributed by atoms with E-state index < -0.39 is 14.0 Å². The van der Waals surface area contributed by atoms with Gasteiger partial charge in [0.25, 0.3) is 0 Å². The van der Waals surface area contributed by atoms with Crippen molar-refractivity contribution in [3.8, 4) is 0 Å². The van der Waals surface area contributed by atoms with Crippen molar-refractivity contribution in [2.45, 2.75) is 51.9 Å². The molecule has 1 unspecified atom stereocenters. The first kappa shape index (κ1) is 13.4. The Labute approximate surface area is 88.0 Å². The first-order valence-corrected chi connectivity index (χ1v) is 8.49. The average molecular weight is 214 g/mol. The lowest BCUT2D eigenvalue weighted by Crippen LogP contribution is -2.29. The van der Waals surface area contributed by atoms with Crippen LogP contribution in [0.1, 0.15) is 27.2 Å². The third kappa shape index (κ3) is 4.09. The predicted molar refractivity (Wildman–Crippen MR) is 63.4 cm³/mol. The smallest absolute Gasteiger partial charge is 0.330 e. The zero-order chi connectivity index (χ0) is 11.4. The molecular formula is C11H22O2Si. The van der Waals surface area contributed by atoms with Gasteiger partial charge in [0, 0.05) is 5.57 Å². The Kier molecular flexibility index (Phi) is 5.12. The molecule has 0 heterocycles. The average Bonchev–Trinajstić information content (AvgIpc) is 2.12. The van der Waals surface area contributed by atoms with Gasteiger partial charge in [0.2, 0.25) is 0 Å². The number of carboxylic acid groups (broad SMARTS) is 1. The summed E-state index contributed by atoms with van der Waals surface area (Å²) in [7, 11) is -1.26. The Bertz CT molecular complexity index is 231. The maximum Gasteiger partial charge on any atom is 0.330 e. The molecule has 82 valence electrons. The molecule has 3 heteroatoms. The van der Waals surface area contributed by atoms with Gasteiger partial charge in [0.05, 0.1) is 8.07 Å². The Balaban J connectivity index is 4.37. The fraction of sp³-hybridized carbons (Fsp3) is 0.727. The molecule has 0 spiro atoms. The minimum absolute atomic E-state index is 0.480. The molecule has 0 aromatic carbocycles. The summed E-state index contributed by atoms with van der Waals surface area (Å²) in [6.07, 6.45) is 3.08. The van der Waals surface area contributed by atoms with Gasteiger partial charge in [-0.05, 0) is 18.5 Å². The molecule has 1 N–H and O–H groups in total. The van der Waals surface area contributed by atoms with E-state index in [1.165, 1.54) is 6.42 Å². The maximum absolute atomic E-state index is 10.6. The molecule has 0 aliphatic rings. The third-order valence-corrected chi connectivity index (χ3v) is 7.55. The van der Waals surface area contributed by atoms with Crippen molar-refractivity contribution in [2.75, 3.05) is 0 Å². The summed E-state index contributed by atoms with van der Waals surface area (Å²) in [5.74, 6) is -0.793. The molecule has 0 aromatic rings. The lowest BCUT2D eigenvalue weighted by Gasteiger charge is -2.27. The van der Waals surface area contributed by atoms with Crippen LogP contribution in [0.3, 0.4) is 0 Å². The van der Waals surface area contributed by atoms with Gasteiger partial charge in [-0.25, -0.2) is 4.79 Å². The molecule has 0 bridgehead atoms. The molecule has 0 radical (unpaired) electrons. The zero-order valence-electron chi connectivity index (χ0n) is 9.92. The van der Waals surface area contributed by atoms with E-state index in [9.17, 15) is 4.79 Å². The fourth-order valence-electron chi connectivity index (χ4n) is 1.26. The zero-order valence-corrected chi connectivity index (χ0v) is 10.9. The second-order valence-corrected chi connectivity index (χ2v) is 10.1. The maximum atomic E-state index is 10.6. The van der Waals surface area contributed by atoms with Crippen molar-refractivity contribution in [3.63, 3.8) is 0 Å². The van der Waals surface area contributed by atoms with Crippen LogP contribution in [-0.2, 0) is 4.79 Å². The van der Waals surface area contributed by atoms with Crippen molar-refractivity contribution in [1.82, 2.24) is 0 Å². The number of carboxylic acids is 1. The van der Waals surface area contributed by atoms with Crippen LogP contribution >= 0.6 is 0 Å². The van der Waals surface area contributed by atoms with Gasteiger partial charge in [-0.1, -0.05) is 39.4 Å². The van der Waals surface area contributed by atoms with Crippen molar-refractivity contribution in [2.24, 2.45) is 0 Å². The highest BCUT2D eigenvalue weighted by Gasteiger charge is 2.25. The van der Waals surface area contributed by atoms with Crippen LogP contribution in [0.25, 0.3) is 0 Å². The minimum atomic E-state index is -1.26. The number of aliphatic carboxylic acids is 1. The van der Waals surface area contributed by atoms with Crippen LogP contribution in [0.4, 0.5) is 0 Å². The van der Waals surface area contributed by atoms with Gasteiger partial charge < -0.3 is 5.11 Å². The number of carbonyl (C=O) groups is 1. The molecule has 0 saturated carbocycles. The largest absolute Gasteiger partial charge is 0.478 e. The highest BCUT2D eigenvalue weighted by Crippen LogP contribution is 2.28. The molecule has 0 amide bonds. The second kappa shape index (κ2) is 5.34. The Hall–Kier alpha value is -0.573. The normalized spacial score (nSPS) is 15.4. The van der Waals surface area contributed by atoms with Gasteiger partial charge in [0.15, 0.2) is 0 Å². The number of hydrogen-bond donors (Lipinski definition) is 1. The molecule has 14 heavy (non-hydrogen) atoms. The summed E-state index contributed by atoms with van der Waals surface area (Å²) in [4.78, 5) is 10.6. The van der Waals surface area contributed by atoms with E-state index in [1.54, 1.807) is 6.92 Å². The van der Waals surface area contributed by atoms with Crippen LogP contribution in [0.2, 0.25) is 24.7 Å². The monoisotopic (exact) mass is 214 g/mol.